The van der Waals surface area contributed by atoms with E-state index in [-0.39, 0.29) is 17.9 Å². The van der Waals surface area contributed by atoms with Crippen LogP contribution >= 0.6 is 0 Å². The van der Waals surface area contributed by atoms with Gasteiger partial charge in [0, 0.05) is 0 Å². The molecule has 0 atom stereocenters. The second-order valence-electron chi connectivity index (χ2n) is 5.83. The molecule has 4 nitrogen and oxygen atoms in total. The Balaban J connectivity index is 1.88. The van der Waals surface area contributed by atoms with Gasteiger partial charge in [-0.15, -0.1) is 0 Å². The van der Waals surface area contributed by atoms with E-state index in [2.05, 4.69) is 0 Å². The zero-order valence-corrected chi connectivity index (χ0v) is 14.3. The normalized spacial score (nSPS) is 15.2. The minimum absolute atomic E-state index is 0.0909. The van der Waals surface area contributed by atoms with Gasteiger partial charge in [-0.2, -0.15) is 8.42 Å². The van der Waals surface area contributed by atoms with E-state index in [1.165, 1.54) is 16.4 Å². The molecule has 0 unspecified atom stereocenters. The second kappa shape index (κ2) is 6.10. The van der Waals surface area contributed by atoms with E-state index in [1.54, 1.807) is 24.3 Å². The van der Waals surface area contributed by atoms with Gasteiger partial charge < -0.3 is 0 Å². The van der Waals surface area contributed by atoms with Crippen LogP contribution in [0.25, 0.3) is 0 Å². The molecule has 0 spiro atoms. The lowest BCUT2D eigenvalue weighted by Crippen LogP contribution is -2.35. The Kier molecular flexibility index (Phi) is 3.88. The summed E-state index contributed by atoms with van der Waals surface area (Å²) in [6.45, 7) is 0.0909. The third kappa shape index (κ3) is 2.52. The Morgan fingerprint density at radius 1 is 0.731 bits per heavy atom. The van der Waals surface area contributed by atoms with Crippen molar-refractivity contribution in [3.05, 3.63) is 90.0 Å². The summed E-state index contributed by atoms with van der Waals surface area (Å²) in [7, 11) is -4.12. The number of nitrogens with zero attached hydrogens (tertiary/aromatic N) is 2. The summed E-state index contributed by atoms with van der Waals surface area (Å²) in [6.07, 6.45) is 0. The van der Waals surface area contributed by atoms with Crippen molar-refractivity contribution in [2.75, 3.05) is 8.61 Å². The largest absolute Gasteiger partial charge is 0.331 e. The van der Waals surface area contributed by atoms with Crippen LogP contribution in [0, 0.1) is 11.6 Å². The molecule has 132 valence electrons. The van der Waals surface area contributed by atoms with Gasteiger partial charge in [-0.25, -0.2) is 17.4 Å². The fraction of sp³-hybridized carbons (Fsp3) is 0.0526. The van der Waals surface area contributed by atoms with Crippen molar-refractivity contribution in [1.29, 1.82) is 0 Å². The molecule has 0 fully saturated rings. The highest BCUT2D eigenvalue weighted by atomic mass is 32.2. The Hall–Kier alpha value is -2.93. The molecule has 0 saturated carbocycles. The maximum Gasteiger partial charge on any atom is 0.331 e. The molecule has 0 bridgehead atoms. The van der Waals surface area contributed by atoms with Crippen LogP contribution in [0.3, 0.4) is 0 Å². The molecule has 3 aromatic carbocycles. The molecule has 0 amide bonds. The number of fused-ring (bicyclic) bond motifs is 1. The number of anilines is 3. The first-order valence-electron chi connectivity index (χ1n) is 7.90. The maximum absolute atomic E-state index is 14.3. The maximum atomic E-state index is 14.3. The molecule has 1 aliphatic heterocycles. The first kappa shape index (κ1) is 16.5. The van der Waals surface area contributed by atoms with Crippen molar-refractivity contribution in [2.24, 2.45) is 0 Å². The molecule has 0 N–H and O–H groups in total. The van der Waals surface area contributed by atoms with Gasteiger partial charge in [0.1, 0.15) is 0 Å². The third-order valence-electron chi connectivity index (χ3n) is 4.20. The summed E-state index contributed by atoms with van der Waals surface area (Å²) in [5, 5.41) is 0. The predicted molar refractivity (Wildman–Crippen MR) is 96.5 cm³/mol. The van der Waals surface area contributed by atoms with Crippen LogP contribution < -0.4 is 8.61 Å². The van der Waals surface area contributed by atoms with Crippen molar-refractivity contribution in [1.82, 2.24) is 0 Å². The number of halogens is 2. The Morgan fingerprint density at radius 3 is 2.08 bits per heavy atom. The van der Waals surface area contributed by atoms with Crippen LogP contribution in [-0.4, -0.2) is 8.42 Å². The quantitative estimate of drug-likeness (QED) is 0.685. The number of hydrogen-bond donors (Lipinski definition) is 0. The van der Waals surface area contributed by atoms with Crippen LogP contribution in [0.1, 0.15) is 5.56 Å². The van der Waals surface area contributed by atoms with Crippen LogP contribution in [-0.2, 0) is 16.8 Å². The smallest absolute Gasteiger partial charge is 0.246 e. The van der Waals surface area contributed by atoms with Gasteiger partial charge in [-0.1, -0.05) is 48.5 Å². The first-order chi connectivity index (χ1) is 12.5. The lowest BCUT2D eigenvalue weighted by molar-refractivity contribution is 0.510. The summed E-state index contributed by atoms with van der Waals surface area (Å²) in [4.78, 5) is 0. The van der Waals surface area contributed by atoms with E-state index in [4.69, 9.17) is 0 Å². The van der Waals surface area contributed by atoms with Crippen LogP contribution in [0.5, 0.6) is 0 Å². The number of para-hydroxylation sites is 2. The Morgan fingerprint density at radius 2 is 1.35 bits per heavy atom. The fourth-order valence-corrected chi connectivity index (χ4v) is 4.72. The molecule has 0 aromatic heterocycles. The van der Waals surface area contributed by atoms with Crippen molar-refractivity contribution >= 4 is 27.3 Å². The minimum atomic E-state index is -4.12. The molecular weight excluding hydrogens is 358 g/mol. The summed E-state index contributed by atoms with van der Waals surface area (Å²) in [5.74, 6) is -2.30. The van der Waals surface area contributed by atoms with Crippen LogP contribution in [0.2, 0.25) is 0 Å². The van der Waals surface area contributed by atoms with Gasteiger partial charge in [-0.05, 0) is 29.8 Å². The van der Waals surface area contributed by atoms with Crippen molar-refractivity contribution in [3.63, 3.8) is 0 Å². The molecule has 26 heavy (non-hydrogen) atoms. The summed E-state index contributed by atoms with van der Waals surface area (Å²) >= 11 is 0. The fourth-order valence-electron chi connectivity index (χ4n) is 3.01. The average molecular weight is 372 g/mol. The van der Waals surface area contributed by atoms with E-state index < -0.39 is 21.8 Å². The predicted octanol–water partition coefficient (Wildman–Crippen LogP) is 4.37. The van der Waals surface area contributed by atoms with Gasteiger partial charge in [-0.3, -0.25) is 0 Å². The zero-order chi connectivity index (χ0) is 18.3. The molecule has 0 radical (unpaired) electrons. The average Bonchev–Trinajstić information content (AvgIpc) is 2.86. The number of hydrogen-bond acceptors (Lipinski definition) is 2. The molecule has 7 heteroatoms. The van der Waals surface area contributed by atoms with E-state index in [1.807, 2.05) is 30.3 Å². The minimum Gasteiger partial charge on any atom is -0.246 e. The topological polar surface area (TPSA) is 40.6 Å². The highest BCUT2D eigenvalue weighted by Crippen LogP contribution is 2.46. The molecule has 3 aromatic rings. The highest BCUT2D eigenvalue weighted by molar-refractivity contribution is 7.95. The Bertz CT molecular complexity index is 1070. The van der Waals surface area contributed by atoms with E-state index in [0.717, 1.165) is 15.9 Å². The SMILES string of the molecule is O=S1(=O)N(Cc2ccccc2)c2ccccc2N1c1cccc(F)c1F. The standard InChI is InChI=1S/C19H14F2N2O2S/c20-15-9-6-12-18(19(15)21)23-17-11-5-4-10-16(17)22(26(23,24)25)13-14-7-2-1-3-8-14/h1-12H,13H2. The van der Waals surface area contributed by atoms with E-state index >= 15 is 0 Å². The van der Waals surface area contributed by atoms with Crippen molar-refractivity contribution < 1.29 is 17.2 Å². The van der Waals surface area contributed by atoms with Crippen LogP contribution in [0.15, 0.2) is 72.8 Å². The lowest BCUT2D eigenvalue weighted by Gasteiger charge is -2.22. The van der Waals surface area contributed by atoms with Crippen molar-refractivity contribution in [3.8, 4) is 0 Å². The lowest BCUT2D eigenvalue weighted by atomic mass is 10.2. The monoisotopic (exact) mass is 372 g/mol. The van der Waals surface area contributed by atoms with Crippen molar-refractivity contribution in [2.45, 2.75) is 6.54 Å². The summed E-state index contributed by atoms with van der Waals surface area (Å²) < 4.78 is 56.4. The number of benzene rings is 3. The van der Waals surface area contributed by atoms with Gasteiger partial charge in [0.25, 0.3) is 0 Å². The number of rotatable bonds is 3. The van der Waals surface area contributed by atoms with E-state index in [0.29, 0.717) is 5.69 Å². The molecule has 1 heterocycles. The molecule has 0 aliphatic carbocycles. The summed E-state index contributed by atoms with van der Waals surface area (Å²) in [6, 6.07) is 19.1. The van der Waals surface area contributed by atoms with Gasteiger partial charge in [0.2, 0.25) is 0 Å². The molecule has 1 aliphatic rings. The highest BCUT2D eigenvalue weighted by Gasteiger charge is 2.42. The molecule has 0 saturated heterocycles. The second-order valence-corrected chi connectivity index (χ2v) is 7.53. The van der Waals surface area contributed by atoms with Gasteiger partial charge in [0.05, 0.1) is 23.6 Å². The Labute approximate surface area is 150 Å². The summed E-state index contributed by atoms with van der Waals surface area (Å²) in [5.41, 5.74) is 1.15. The first-order valence-corrected chi connectivity index (χ1v) is 9.30. The molecule has 4 rings (SSSR count). The third-order valence-corrected chi connectivity index (χ3v) is 5.94. The zero-order valence-electron chi connectivity index (χ0n) is 13.5. The van der Waals surface area contributed by atoms with Gasteiger partial charge >= 0.3 is 10.2 Å². The van der Waals surface area contributed by atoms with E-state index in [9.17, 15) is 17.2 Å². The van der Waals surface area contributed by atoms with Gasteiger partial charge in [0.15, 0.2) is 11.6 Å². The molecular formula is C19H14F2N2O2S. The van der Waals surface area contributed by atoms with Crippen LogP contribution in [0.4, 0.5) is 25.8 Å².